The van der Waals surface area contributed by atoms with Crippen LogP contribution in [-0.2, 0) is 6.54 Å². The lowest BCUT2D eigenvalue weighted by Crippen LogP contribution is -2.35. The van der Waals surface area contributed by atoms with E-state index in [0.717, 1.165) is 31.0 Å². The molecule has 4 nitrogen and oxygen atoms in total. The Morgan fingerprint density at radius 2 is 1.64 bits per heavy atom. The van der Waals surface area contributed by atoms with Crippen LogP contribution in [0.1, 0.15) is 42.9 Å². The predicted molar refractivity (Wildman–Crippen MR) is 115 cm³/mol. The number of rotatable bonds is 9. The molecule has 0 aliphatic carbocycles. The maximum Gasteiger partial charge on any atom is 0.161 e. The van der Waals surface area contributed by atoms with Gasteiger partial charge in [-0.05, 0) is 69.2 Å². The standard InChI is InChI=1S/C24H34N2O2/c1-25(19-20-10-6-4-7-11-20)17-14-22(26-15-8-5-9-16-26)21-12-13-23(27-2)24(18-21)28-3/h4,6-7,10-13,18,22H,5,8-9,14-17,19H2,1-3H3. The molecule has 1 aliphatic rings. The molecule has 1 atom stereocenters. The van der Waals surface area contributed by atoms with Crippen molar-refractivity contribution in [2.24, 2.45) is 0 Å². The maximum absolute atomic E-state index is 5.57. The van der Waals surface area contributed by atoms with E-state index in [9.17, 15) is 0 Å². The maximum atomic E-state index is 5.57. The minimum Gasteiger partial charge on any atom is -0.493 e. The smallest absolute Gasteiger partial charge is 0.161 e. The molecule has 0 amide bonds. The number of benzene rings is 2. The molecule has 0 N–H and O–H groups in total. The molecule has 1 heterocycles. The van der Waals surface area contributed by atoms with E-state index in [1.165, 1.54) is 43.5 Å². The fourth-order valence-corrected chi connectivity index (χ4v) is 4.17. The summed E-state index contributed by atoms with van der Waals surface area (Å²) >= 11 is 0. The molecule has 3 rings (SSSR count). The highest BCUT2D eigenvalue weighted by molar-refractivity contribution is 5.43. The zero-order chi connectivity index (χ0) is 19.8. The Morgan fingerprint density at radius 3 is 2.32 bits per heavy atom. The van der Waals surface area contributed by atoms with Crippen molar-refractivity contribution in [3.05, 3.63) is 59.7 Å². The summed E-state index contributed by atoms with van der Waals surface area (Å²) in [6, 6.07) is 17.5. The van der Waals surface area contributed by atoms with E-state index >= 15 is 0 Å². The fourth-order valence-electron chi connectivity index (χ4n) is 4.17. The van der Waals surface area contributed by atoms with Gasteiger partial charge in [0.05, 0.1) is 14.2 Å². The number of hydrogen-bond donors (Lipinski definition) is 0. The molecule has 1 aliphatic heterocycles. The first-order chi connectivity index (χ1) is 13.7. The Hall–Kier alpha value is -2.04. The molecule has 0 saturated carbocycles. The van der Waals surface area contributed by atoms with E-state index in [1.807, 2.05) is 6.07 Å². The summed E-state index contributed by atoms with van der Waals surface area (Å²) in [6.45, 7) is 4.41. The van der Waals surface area contributed by atoms with E-state index in [1.54, 1.807) is 14.2 Å². The lowest BCUT2D eigenvalue weighted by atomic mass is 9.98. The van der Waals surface area contributed by atoms with Crippen molar-refractivity contribution < 1.29 is 9.47 Å². The molecule has 0 radical (unpaired) electrons. The summed E-state index contributed by atoms with van der Waals surface area (Å²) in [7, 11) is 5.62. The van der Waals surface area contributed by atoms with Gasteiger partial charge in [-0.25, -0.2) is 0 Å². The molecule has 4 heteroatoms. The number of ether oxygens (including phenoxy) is 2. The fraction of sp³-hybridized carbons (Fsp3) is 0.500. The Bertz CT molecular complexity index is 714. The highest BCUT2D eigenvalue weighted by Crippen LogP contribution is 2.34. The second kappa shape index (κ2) is 10.5. The molecule has 0 spiro atoms. The first-order valence-electron chi connectivity index (χ1n) is 10.4. The SMILES string of the molecule is COc1ccc(C(CCN(C)Cc2ccccc2)N2CCCCC2)cc1OC. The first kappa shape index (κ1) is 20.7. The third kappa shape index (κ3) is 5.49. The highest BCUT2D eigenvalue weighted by Gasteiger charge is 2.23. The van der Waals surface area contributed by atoms with Crippen molar-refractivity contribution in [2.75, 3.05) is 40.9 Å². The zero-order valence-corrected chi connectivity index (χ0v) is 17.6. The Kier molecular flexibility index (Phi) is 7.75. The average molecular weight is 383 g/mol. The van der Waals surface area contributed by atoms with E-state index in [4.69, 9.17) is 9.47 Å². The van der Waals surface area contributed by atoms with Crippen molar-refractivity contribution in [2.45, 2.75) is 38.3 Å². The lowest BCUT2D eigenvalue weighted by Gasteiger charge is -2.36. The van der Waals surface area contributed by atoms with Crippen LogP contribution in [0.3, 0.4) is 0 Å². The summed E-state index contributed by atoms with van der Waals surface area (Å²) in [5, 5.41) is 0. The van der Waals surface area contributed by atoms with Crippen LogP contribution in [0.4, 0.5) is 0 Å². The van der Waals surface area contributed by atoms with Crippen molar-refractivity contribution >= 4 is 0 Å². The van der Waals surface area contributed by atoms with Crippen molar-refractivity contribution in [1.82, 2.24) is 9.80 Å². The number of hydrogen-bond acceptors (Lipinski definition) is 4. The van der Waals surface area contributed by atoms with Crippen molar-refractivity contribution in [1.29, 1.82) is 0 Å². The molecule has 28 heavy (non-hydrogen) atoms. The molecule has 0 bridgehead atoms. The van der Waals surface area contributed by atoms with Gasteiger partial charge in [0, 0.05) is 12.6 Å². The second-order valence-electron chi connectivity index (χ2n) is 7.74. The monoisotopic (exact) mass is 382 g/mol. The number of piperidine rings is 1. The van der Waals surface area contributed by atoms with Gasteiger partial charge >= 0.3 is 0 Å². The minimum absolute atomic E-state index is 0.415. The lowest BCUT2D eigenvalue weighted by molar-refractivity contribution is 0.143. The van der Waals surface area contributed by atoms with Crippen LogP contribution in [0.25, 0.3) is 0 Å². The van der Waals surface area contributed by atoms with Gasteiger partial charge in [0.2, 0.25) is 0 Å². The molecular formula is C24H34N2O2. The summed E-state index contributed by atoms with van der Waals surface area (Å²) < 4.78 is 11.0. The van der Waals surface area contributed by atoms with Crippen LogP contribution in [0.15, 0.2) is 48.5 Å². The summed E-state index contributed by atoms with van der Waals surface area (Å²) in [6.07, 6.45) is 5.05. The van der Waals surface area contributed by atoms with Gasteiger partial charge in [0.25, 0.3) is 0 Å². The zero-order valence-electron chi connectivity index (χ0n) is 17.6. The normalized spacial score (nSPS) is 16.1. The van der Waals surface area contributed by atoms with Crippen molar-refractivity contribution in [3.8, 4) is 11.5 Å². The Morgan fingerprint density at radius 1 is 0.929 bits per heavy atom. The van der Waals surface area contributed by atoms with E-state index < -0.39 is 0 Å². The molecular weight excluding hydrogens is 348 g/mol. The first-order valence-corrected chi connectivity index (χ1v) is 10.4. The van der Waals surface area contributed by atoms with Gasteiger partial charge in [-0.1, -0.05) is 42.8 Å². The number of methoxy groups -OCH3 is 2. The van der Waals surface area contributed by atoms with Crippen LogP contribution in [0, 0.1) is 0 Å². The minimum atomic E-state index is 0.415. The molecule has 152 valence electrons. The quantitative estimate of drug-likeness (QED) is 0.625. The molecule has 1 saturated heterocycles. The van der Waals surface area contributed by atoms with E-state index in [-0.39, 0.29) is 0 Å². The van der Waals surface area contributed by atoms with E-state index in [0.29, 0.717) is 6.04 Å². The van der Waals surface area contributed by atoms with Gasteiger partial charge in [-0.3, -0.25) is 4.90 Å². The van der Waals surface area contributed by atoms with Gasteiger partial charge in [-0.2, -0.15) is 0 Å². The molecule has 1 unspecified atom stereocenters. The molecule has 2 aromatic rings. The third-order valence-corrected chi connectivity index (χ3v) is 5.70. The topological polar surface area (TPSA) is 24.9 Å². The average Bonchev–Trinajstić information content (AvgIpc) is 2.75. The third-order valence-electron chi connectivity index (χ3n) is 5.70. The van der Waals surface area contributed by atoms with Crippen LogP contribution in [-0.4, -0.2) is 50.7 Å². The van der Waals surface area contributed by atoms with Gasteiger partial charge in [0.15, 0.2) is 11.5 Å². The highest BCUT2D eigenvalue weighted by atomic mass is 16.5. The Balaban J connectivity index is 1.72. The van der Waals surface area contributed by atoms with Gasteiger partial charge in [0.1, 0.15) is 0 Å². The van der Waals surface area contributed by atoms with E-state index in [2.05, 4.69) is 59.3 Å². The molecule has 1 fully saturated rings. The largest absolute Gasteiger partial charge is 0.493 e. The van der Waals surface area contributed by atoms with Gasteiger partial charge in [-0.15, -0.1) is 0 Å². The van der Waals surface area contributed by atoms with Crippen LogP contribution >= 0.6 is 0 Å². The van der Waals surface area contributed by atoms with Crippen LogP contribution < -0.4 is 9.47 Å². The summed E-state index contributed by atoms with van der Waals surface area (Å²) in [5.41, 5.74) is 2.69. The van der Waals surface area contributed by atoms with Gasteiger partial charge < -0.3 is 14.4 Å². The van der Waals surface area contributed by atoms with Crippen molar-refractivity contribution in [3.63, 3.8) is 0 Å². The molecule has 2 aromatic carbocycles. The number of likely N-dealkylation sites (tertiary alicyclic amines) is 1. The second-order valence-corrected chi connectivity index (χ2v) is 7.74. The van der Waals surface area contributed by atoms with Crippen LogP contribution in [0.5, 0.6) is 11.5 Å². The van der Waals surface area contributed by atoms with Crippen LogP contribution in [0.2, 0.25) is 0 Å². The predicted octanol–water partition coefficient (Wildman–Crippen LogP) is 4.75. The summed E-state index contributed by atoms with van der Waals surface area (Å²) in [4.78, 5) is 5.08. The molecule has 0 aromatic heterocycles. The number of nitrogens with zero attached hydrogens (tertiary/aromatic N) is 2. The Labute approximate surface area is 170 Å². The summed E-state index contributed by atoms with van der Waals surface area (Å²) in [5.74, 6) is 1.62.